The molecule has 6 fully saturated rings. The lowest BCUT2D eigenvalue weighted by Crippen LogP contribution is -2.59. The molecule has 10 atom stereocenters. The van der Waals surface area contributed by atoms with E-state index < -0.39 is 24.2 Å². The van der Waals surface area contributed by atoms with Crippen LogP contribution in [-0.2, 0) is 42.6 Å². The maximum atomic E-state index is 6.13. The number of hydrogen-bond acceptors (Lipinski definition) is 9. The van der Waals surface area contributed by atoms with E-state index in [2.05, 4.69) is 0 Å². The van der Waals surface area contributed by atoms with E-state index in [1.165, 1.54) is 0 Å². The third-order valence-electron chi connectivity index (χ3n) is 5.96. The lowest BCUT2D eigenvalue weighted by molar-refractivity contribution is -0.371. The molecule has 6 saturated heterocycles. The molecule has 6 aliphatic heterocycles. The van der Waals surface area contributed by atoms with Gasteiger partial charge in [0.1, 0.15) is 48.8 Å². The van der Waals surface area contributed by atoms with E-state index in [0.717, 1.165) is 0 Å². The summed E-state index contributed by atoms with van der Waals surface area (Å²) in [5.41, 5.74) is 0. The molecule has 9 heteroatoms. The second kappa shape index (κ2) is 5.62. The van der Waals surface area contributed by atoms with Crippen LogP contribution in [-0.4, -0.2) is 86.2 Å². The molecule has 0 radical (unpaired) electrons. The maximum absolute atomic E-state index is 6.13. The molecular formula is C18H26O9. The third kappa shape index (κ3) is 2.95. The fourth-order valence-corrected chi connectivity index (χ4v) is 4.51. The summed E-state index contributed by atoms with van der Waals surface area (Å²) in [7, 11) is 0. The Bertz CT molecular complexity index is 572. The fourth-order valence-electron chi connectivity index (χ4n) is 4.51. The topological polar surface area (TPSA) is 89.7 Å². The SMILES string of the molecule is CC1(C)OC[C@H]2O[C@H](O[C@H]3O[C@@H]4COC(C)(C)O[C@H]4[C@H]4O[C@@H]34)[C@@H]3O[C@@H]3[C@@H]2O1. The summed E-state index contributed by atoms with van der Waals surface area (Å²) in [6.45, 7) is 8.48. The van der Waals surface area contributed by atoms with Gasteiger partial charge in [-0.2, -0.15) is 0 Å². The maximum Gasteiger partial charge on any atom is 0.190 e. The van der Waals surface area contributed by atoms with Crippen LogP contribution in [0.2, 0.25) is 0 Å². The molecule has 0 amide bonds. The van der Waals surface area contributed by atoms with Gasteiger partial charge < -0.3 is 42.6 Å². The first kappa shape index (κ1) is 17.5. The van der Waals surface area contributed by atoms with Crippen molar-refractivity contribution in [2.75, 3.05) is 13.2 Å². The van der Waals surface area contributed by atoms with Crippen LogP contribution in [0, 0.1) is 0 Å². The lowest BCUT2D eigenvalue weighted by atomic mass is 10.0. The fraction of sp³-hybridized carbons (Fsp3) is 1.00. The summed E-state index contributed by atoms with van der Waals surface area (Å²) >= 11 is 0. The van der Waals surface area contributed by atoms with Crippen LogP contribution in [0.25, 0.3) is 0 Å². The van der Waals surface area contributed by atoms with Crippen molar-refractivity contribution in [3.05, 3.63) is 0 Å². The normalized spacial score (nSPS) is 56.9. The minimum atomic E-state index is -0.625. The first-order valence-corrected chi connectivity index (χ1v) is 9.71. The number of hydrogen-bond donors (Lipinski definition) is 0. The van der Waals surface area contributed by atoms with Crippen LogP contribution >= 0.6 is 0 Å². The van der Waals surface area contributed by atoms with Crippen LogP contribution in [0.1, 0.15) is 27.7 Å². The molecule has 0 saturated carbocycles. The molecule has 0 unspecified atom stereocenters. The van der Waals surface area contributed by atoms with Crippen molar-refractivity contribution in [1.29, 1.82) is 0 Å². The van der Waals surface area contributed by atoms with Gasteiger partial charge in [0.05, 0.1) is 13.2 Å². The molecule has 9 nitrogen and oxygen atoms in total. The second-order valence-corrected chi connectivity index (χ2v) is 8.94. The molecular weight excluding hydrogens is 360 g/mol. The zero-order valence-corrected chi connectivity index (χ0v) is 15.9. The van der Waals surface area contributed by atoms with Crippen molar-refractivity contribution >= 4 is 0 Å². The highest BCUT2D eigenvalue weighted by Crippen LogP contribution is 2.47. The Balaban J connectivity index is 1.11. The van der Waals surface area contributed by atoms with Crippen LogP contribution in [0.15, 0.2) is 0 Å². The summed E-state index contributed by atoms with van der Waals surface area (Å²) in [6.07, 6.45) is -2.16. The highest BCUT2D eigenvalue weighted by atomic mass is 16.8. The van der Waals surface area contributed by atoms with Gasteiger partial charge in [-0.1, -0.05) is 0 Å². The molecule has 27 heavy (non-hydrogen) atoms. The second-order valence-electron chi connectivity index (χ2n) is 8.94. The molecule has 0 N–H and O–H groups in total. The van der Waals surface area contributed by atoms with E-state index in [1.807, 2.05) is 27.7 Å². The largest absolute Gasteiger partial charge is 0.361 e. The molecule has 6 aliphatic rings. The molecule has 0 spiro atoms. The average molecular weight is 386 g/mol. The van der Waals surface area contributed by atoms with Gasteiger partial charge in [0.15, 0.2) is 24.2 Å². The lowest BCUT2D eigenvalue weighted by Gasteiger charge is -2.45. The summed E-state index contributed by atoms with van der Waals surface area (Å²) < 4.78 is 53.3. The van der Waals surface area contributed by atoms with E-state index in [1.54, 1.807) is 0 Å². The van der Waals surface area contributed by atoms with E-state index >= 15 is 0 Å². The van der Waals surface area contributed by atoms with Gasteiger partial charge in [-0.3, -0.25) is 0 Å². The van der Waals surface area contributed by atoms with Crippen molar-refractivity contribution in [3.8, 4) is 0 Å². The Kier molecular flexibility index (Phi) is 3.64. The van der Waals surface area contributed by atoms with Crippen molar-refractivity contribution in [2.24, 2.45) is 0 Å². The van der Waals surface area contributed by atoms with Crippen LogP contribution in [0.3, 0.4) is 0 Å². The zero-order valence-electron chi connectivity index (χ0n) is 15.9. The quantitative estimate of drug-likeness (QED) is 0.621. The Labute approximate surface area is 157 Å². The molecule has 6 rings (SSSR count). The predicted octanol–water partition coefficient (Wildman–Crippen LogP) is 0.291. The molecule has 0 bridgehead atoms. The standard InChI is InChI=1S/C18H26O9/c1-17(2)19-5-7-9(26-17)11-13(23-11)15(21-7)25-16-14-12(24-14)10-8(22-16)6-20-18(3,4)27-10/h7-16H,5-6H2,1-4H3/t7-,8-,9-,10-,11-,12-,13-,14-,15-,16-/m1/s1. The summed E-state index contributed by atoms with van der Waals surface area (Å²) in [5.74, 6) is -1.25. The monoisotopic (exact) mass is 386 g/mol. The smallest absolute Gasteiger partial charge is 0.190 e. The first-order valence-electron chi connectivity index (χ1n) is 9.71. The van der Waals surface area contributed by atoms with Gasteiger partial charge in [0, 0.05) is 0 Å². The number of fused-ring (bicyclic) bond motifs is 6. The third-order valence-corrected chi connectivity index (χ3v) is 5.96. The zero-order chi connectivity index (χ0) is 18.6. The Morgan fingerprint density at radius 1 is 0.593 bits per heavy atom. The van der Waals surface area contributed by atoms with Crippen LogP contribution in [0.4, 0.5) is 0 Å². The van der Waals surface area contributed by atoms with Gasteiger partial charge in [0.25, 0.3) is 0 Å². The average Bonchev–Trinajstić information content (AvgIpc) is 3.48. The Morgan fingerprint density at radius 2 is 1.04 bits per heavy atom. The minimum Gasteiger partial charge on any atom is -0.361 e. The summed E-state index contributed by atoms with van der Waals surface area (Å²) in [5, 5.41) is 0. The Hall–Kier alpha value is -0.360. The predicted molar refractivity (Wildman–Crippen MR) is 85.5 cm³/mol. The van der Waals surface area contributed by atoms with Crippen molar-refractivity contribution in [1.82, 2.24) is 0 Å². The summed E-state index contributed by atoms with van der Waals surface area (Å²) in [6, 6.07) is 0. The van der Waals surface area contributed by atoms with Crippen molar-refractivity contribution < 1.29 is 42.6 Å². The number of rotatable bonds is 2. The van der Waals surface area contributed by atoms with Crippen LogP contribution < -0.4 is 0 Å². The number of ether oxygens (including phenoxy) is 9. The molecule has 0 aromatic heterocycles. The van der Waals surface area contributed by atoms with E-state index in [4.69, 9.17) is 42.6 Å². The van der Waals surface area contributed by atoms with Gasteiger partial charge in [-0.15, -0.1) is 0 Å². The van der Waals surface area contributed by atoms with E-state index in [-0.39, 0.29) is 48.8 Å². The minimum absolute atomic E-state index is 0.0358. The molecule has 0 aromatic rings. The van der Waals surface area contributed by atoms with E-state index in [9.17, 15) is 0 Å². The molecule has 0 aromatic carbocycles. The molecule has 6 heterocycles. The molecule has 0 aliphatic carbocycles. The highest BCUT2D eigenvalue weighted by molar-refractivity contribution is 5.06. The highest BCUT2D eigenvalue weighted by Gasteiger charge is 2.65. The van der Waals surface area contributed by atoms with Crippen molar-refractivity contribution in [2.45, 2.75) is 101 Å². The van der Waals surface area contributed by atoms with Gasteiger partial charge >= 0.3 is 0 Å². The Morgan fingerprint density at radius 3 is 1.48 bits per heavy atom. The summed E-state index contributed by atoms with van der Waals surface area (Å²) in [4.78, 5) is 0. The van der Waals surface area contributed by atoms with Gasteiger partial charge in [0.2, 0.25) is 0 Å². The molecule has 152 valence electrons. The van der Waals surface area contributed by atoms with Gasteiger partial charge in [-0.05, 0) is 27.7 Å². The first-order chi connectivity index (χ1) is 12.8. The van der Waals surface area contributed by atoms with Gasteiger partial charge in [-0.25, -0.2) is 0 Å². The van der Waals surface area contributed by atoms with Crippen LogP contribution in [0.5, 0.6) is 0 Å². The number of epoxide rings is 2. The van der Waals surface area contributed by atoms with Crippen molar-refractivity contribution in [3.63, 3.8) is 0 Å². The van der Waals surface area contributed by atoms with E-state index in [0.29, 0.717) is 13.2 Å².